The number of nitriles is 1. The van der Waals surface area contributed by atoms with E-state index in [9.17, 15) is 0 Å². The van der Waals surface area contributed by atoms with Crippen LogP contribution >= 0.6 is 0 Å². The molecule has 1 heterocycles. The fourth-order valence-electron chi connectivity index (χ4n) is 2.24. The smallest absolute Gasteiger partial charge is 0.135 e. The van der Waals surface area contributed by atoms with E-state index in [-0.39, 0.29) is 0 Å². The van der Waals surface area contributed by atoms with Crippen molar-refractivity contribution >= 4 is 23.0 Å². The average molecular weight is 315 g/mol. The second-order valence-corrected chi connectivity index (χ2v) is 5.53. The zero-order valence-corrected chi connectivity index (χ0v) is 13.5. The van der Waals surface area contributed by atoms with Gasteiger partial charge in [-0.2, -0.15) is 5.26 Å². The Balaban J connectivity index is 1.75. The lowest BCUT2D eigenvalue weighted by Gasteiger charge is -2.10. The zero-order valence-electron chi connectivity index (χ0n) is 13.5. The van der Waals surface area contributed by atoms with E-state index < -0.39 is 0 Å². The Bertz CT molecular complexity index is 894. The highest BCUT2D eigenvalue weighted by Crippen LogP contribution is 2.21. The van der Waals surface area contributed by atoms with Gasteiger partial charge in [0.15, 0.2) is 0 Å². The lowest BCUT2D eigenvalue weighted by molar-refractivity contribution is 1.16. The first-order valence-corrected chi connectivity index (χ1v) is 7.57. The van der Waals surface area contributed by atoms with Crippen LogP contribution in [0, 0.1) is 25.2 Å². The zero-order chi connectivity index (χ0) is 16.9. The van der Waals surface area contributed by atoms with Gasteiger partial charge in [-0.3, -0.25) is 0 Å². The quantitative estimate of drug-likeness (QED) is 0.744. The summed E-state index contributed by atoms with van der Waals surface area (Å²) in [7, 11) is 0. The van der Waals surface area contributed by atoms with Crippen LogP contribution in [0.4, 0.5) is 23.0 Å². The van der Waals surface area contributed by atoms with E-state index in [0.717, 1.165) is 11.4 Å². The largest absolute Gasteiger partial charge is 0.340 e. The summed E-state index contributed by atoms with van der Waals surface area (Å²) in [6, 6.07) is 17.3. The maximum atomic E-state index is 8.83. The molecule has 118 valence electrons. The van der Waals surface area contributed by atoms with Crippen LogP contribution in [0.25, 0.3) is 0 Å². The highest BCUT2D eigenvalue weighted by molar-refractivity contribution is 5.63. The molecule has 0 atom stereocenters. The summed E-state index contributed by atoms with van der Waals surface area (Å²) in [6.45, 7) is 4.17. The number of benzene rings is 2. The van der Waals surface area contributed by atoms with E-state index in [1.165, 1.54) is 17.5 Å². The van der Waals surface area contributed by atoms with E-state index >= 15 is 0 Å². The predicted octanol–water partition coefficient (Wildman–Crippen LogP) is 4.45. The molecule has 0 fully saturated rings. The highest BCUT2D eigenvalue weighted by Gasteiger charge is 2.02. The Hall–Kier alpha value is -3.39. The molecule has 3 aromatic rings. The molecule has 2 aromatic carbocycles. The molecule has 0 amide bonds. The van der Waals surface area contributed by atoms with Gasteiger partial charge in [-0.05, 0) is 61.4 Å². The molecule has 0 aliphatic heterocycles. The van der Waals surface area contributed by atoms with Gasteiger partial charge in [0.25, 0.3) is 0 Å². The first-order chi connectivity index (χ1) is 11.6. The van der Waals surface area contributed by atoms with Crippen molar-refractivity contribution in [1.82, 2.24) is 9.97 Å². The molecule has 1 aromatic heterocycles. The van der Waals surface area contributed by atoms with Gasteiger partial charge in [0.05, 0.1) is 11.6 Å². The Kier molecular flexibility index (Phi) is 4.39. The number of aromatic nitrogens is 2. The van der Waals surface area contributed by atoms with E-state index in [4.69, 9.17) is 5.26 Å². The summed E-state index contributed by atoms with van der Waals surface area (Å²) < 4.78 is 0. The van der Waals surface area contributed by atoms with E-state index in [1.54, 1.807) is 12.1 Å². The summed E-state index contributed by atoms with van der Waals surface area (Å²) in [5.41, 5.74) is 4.96. The molecule has 0 saturated heterocycles. The standard InChI is InChI=1S/C19H17N5/c1-13-3-6-17(9-14(13)2)24-19-10-18(21-12-22-19)23-16-7-4-15(11-20)5-8-16/h3-10,12H,1-2H3,(H2,21,22,23,24). The van der Waals surface area contributed by atoms with Gasteiger partial charge in [0.2, 0.25) is 0 Å². The Morgan fingerprint density at radius 3 is 2.04 bits per heavy atom. The van der Waals surface area contributed by atoms with Crippen molar-refractivity contribution in [2.75, 3.05) is 10.6 Å². The van der Waals surface area contributed by atoms with Crippen LogP contribution in [0.5, 0.6) is 0 Å². The number of hydrogen-bond acceptors (Lipinski definition) is 5. The SMILES string of the molecule is Cc1ccc(Nc2cc(Nc3ccc(C#N)cc3)ncn2)cc1C. The molecular formula is C19H17N5. The van der Waals surface area contributed by atoms with Crippen LogP contribution in [-0.4, -0.2) is 9.97 Å². The molecule has 5 heteroatoms. The molecule has 0 bridgehead atoms. The highest BCUT2D eigenvalue weighted by atomic mass is 15.1. The van der Waals surface area contributed by atoms with Crippen molar-refractivity contribution in [3.63, 3.8) is 0 Å². The minimum atomic E-state index is 0.625. The van der Waals surface area contributed by atoms with E-state index in [1.807, 2.05) is 24.3 Å². The van der Waals surface area contributed by atoms with Crippen molar-refractivity contribution in [3.8, 4) is 6.07 Å². The van der Waals surface area contributed by atoms with Gasteiger partial charge < -0.3 is 10.6 Å². The summed E-state index contributed by atoms with van der Waals surface area (Å²) >= 11 is 0. The third kappa shape index (κ3) is 3.68. The normalized spacial score (nSPS) is 10.0. The lowest BCUT2D eigenvalue weighted by Crippen LogP contribution is -1.99. The van der Waals surface area contributed by atoms with Crippen LogP contribution < -0.4 is 10.6 Å². The van der Waals surface area contributed by atoms with Crippen LogP contribution in [0.1, 0.15) is 16.7 Å². The number of nitrogens with one attached hydrogen (secondary N) is 2. The molecular weight excluding hydrogens is 298 g/mol. The molecule has 0 saturated carbocycles. The summed E-state index contributed by atoms with van der Waals surface area (Å²) in [5.74, 6) is 1.39. The van der Waals surface area contributed by atoms with Gasteiger partial charge in [-0.25, -0.2) is 9.97 Å². The van der Waals surface area contributed by atoms with Crippen LogP contribution in [0.3, 0.4) is 0 Å². The molecule has 0 aliphatic rings. The minimum absolute atomic E-state index is 0.625. The third-order valence-corrected chi connectivity index (χ3v) is 3.73. The number of nitrogens with zero attached hydrogens (tertiary/aromatic N) is 3. The lowest BCUT2D eigenvalue weighted by atomic mass is 10.1. The molecule has 0 radical (unpaired) electrons. The van der Waals surface area contributed by atoms with Crippen molar-refractivity contribution in [2.45, 2.75) is 13.8 Å². The minimum Gasteiger partial charge on any atom is -0.340 e. The molecule has 0 spiro atoms. The van der Waals surface area contributed by atoms with Gasteiger partial charge in [0, 0.05) is 17.4 Å². The van der Waals surface area contributed by atoms with Gasteiger partial charge >= 0.3 is 0 Å². The monoisotopic (exact) mass is 315 g/mol. The number of rotatable bonds is 4. The first-order valence-electron chi connectivity index (χ1n) is 7.57. The number of anilines is 4. The molecule has 3 rings (SSSR count). The van der Waals surface area contributed by atoms with Gasteiger partial charge in [0.1, 0.15) is 18.0 Å². The van der Waals surface area contributed by atoms with E-state index in [2.05, 4.69) is 52.7 Å². The van der Waals surface area contributed by atoms with E-state index in [0.29, 0.717) is 17.2 Å². The van der Waals surface area contributed by atoms with Crippen LogP contribution in [0.15, 0.2) is 54.9 Å². The summed E-state index contributed by atoms with van der Waals surface area (Å²) in [5, 5.41) is 15.3. The van der Waals surface area contributed by atoms with Crippen LogP contribution in [0.2, 0.25) is 0 Å². The fourth-order valence-corrected chi connectivity index (χ4v) is 2.24. The van der Waals surface area contributed by atoms with Crippen molar-refractivity contribution in [3.05, 3.63) is 71.5 Å². The maximum absolute atomic E-state index is 8.83. The number of aryl methyl sites for hydroxylation is 2. The molecule has 0 aliphatic carbocycles. The predicted molar refractivity (Wildman–Crippen MR) is 95.7 cm³/mol. The maximum Gasteiger partial charge on any atom is 0.135 e. The van der Waals surface area contributed by atoms with Crippen molar-refractivity contribution < 1.29 is 0 Å². The molecule has 24 heavy (non-hydrogen) atoms. The van der Waals surface area contributed by atoms with Gasteiger partial charge in [-0.15, -0.1) is 0 Å². The number of hydrogen-bond donors (Lipinski definition) is 2. The van der Waals surface area contributed by atoms with Crippen molar-refractivity contribution in [2.24, 2.45) is 0 Å². The Morgan fingerprint density at radius 2 is 1.42 bits per heavy atom. The average Bonchev–Trinajstić information content (AvgIpc) is 2.59. The molecule has 0 unspecified atom stereocenters. The second-order valence-electron chi connectivity index (χ2n) is 5.53. The second kappa shape index (κ2) is 6.80. The molecule has 5 nitrogen and oxygen atoms in total. The Labute approximate surface area is 141 Å². The summed E-state index contributed by atoms with van der Waals surface area (Å²) in [4.78, 5) is 8.47. The summed E-state index contributed by atoms with van der Waals surface area (Å²) in [6.07, 6.45) is 1.51. The third-order valence-electron chi connectivity index (χ3n) is 3.73. The fraction of sp³-hybridized carbons (Fsp3) is 0.105. The van der Waals surface area contributed by atoms with Crippen molar-refractivity contribution in [1.29, 1.82) is 5.26 Å². The molecule has 2 N–H and O–H groups in total. The first kappa shape index (κ1) is 15.5. The van der Waals surface area contributed by atoms with Gasteiger partial charge in [-0.1, -0.05) is 6.07 Å². The Morgan fingerprint density at radius 1 is 0.792 bits per heavy atom. The van der Waals surface area contributed by atoms with Crippen LogP contribution in [-0.2, 0) is 0 Å². The topological polar surface area (TPSA) is 73.6 Å².